The van der Waals surface area contributed by atoms with E-state index < -0.39 is 0 Å². The summed E-state index contributed by atoms with van der Waals surface area (Å²) in [4.78, 5) is 15.9. The molecule has 1 heterocycles. The molecule has 3 rings (SSSR count). The minimum Gasteiger partial charge on any atom is -0.342 e. The molecular formula is C18H25NOS. The van der Waals surface area contributed by atoms with Crippen molar-refractivity contribution in [1.82, 2.24) is 4.90 Å². The molecule has 1 saturated heterocycles. The van der Waals surface area contributed by atoms with Crippen LogP contribution in [0.3, 0.4) is 0 Å². The molecule has 2 aliphatic rings. The largest absolute Gasteiger partial charge is 0.342 e. The van der Waals surface area contributed by atoms with Crippen LogP contribution >= 0.6 is 11.8 Å². The van der Waals surface area contributed by atoms with E-state index in [4.69, 9.17) is 0 Å². The van der Waals surface area contributed by atoms with Gasteiger partial charge in [-0.3, -0.25) is 4.79 Å². The Hall–Kier alpha value is -0.960. The van der Waals surface area contributed by atoms with Crippen molar-refractivity contribution in [1.29, 1.82) is 0 Å². The number of nitrogens with zero attached hydrogens (tertiary/aromatic N) is 1. The second-order valence-electron chi connectivity index (χ2n) is 6.28. The number of thioether (sulfide) groups is 1. The highest BCUT2D eigenvalue weighted by Gasteiger charge is 2.22. The van der Waals surface area contributed by atoms with E-state index in [1.165, 1.54) is 61.0 Å². The van der Waals surface area contributed by atoms with E-state index >= 15 is 0 Å². The van der Waals surface area contributed by atoms with Gasteiger partial charge < -0.3 is 4.90 Å². The molecule has 1 aromatic rings. The number of likely N-dealkylation sites (tertiary alicyclic amines) is 1. The van der Waals surface area contributed by atoms with Crippen molar-refractivity contribution in [2.24, 2.45) is 0 Å². The Morgan fingerprint density at radius 3 is 2.52 bits per heavy atom. The highest BCUT2D eigenvalue weighted by molar-refractivity contribution is 8.00. The highest BCUT2D eigenvalue weighted by atomic mass is 32.2. The number of benzene rings is 1. The molecule has 114 valence electrons. The third kappa shape index (κ3) is 3.63. The van der Waals surface area contributed by atoms with Crippen molar-refractivity contribution in [3.05, 3.63) is 29.3 Å². The van der Waals surface area contributed by atoms with Crippen LogP contribution < -0.4 is 0 Å². The van der Waals surface area contributed by atoms with Crippen LogP contribution in [-0.4, -0.2) is 29.1 Å². The Morgan fingerprint density at radius 1 is 1.05 bits per heavy atom. The lowest BCUT2D eigenvalue weighted by atomic mass is 10.1. The molecule has 0 radical (unpaired) electrons. The van der Waals surface area contributed by atoms with Crippen molar-refractivity contribution in [3.8, 4) is 0 Å². The average molecular weight is 303 g/mol. The standard InChI is InChI=1S/C18H25NOS/c1-14(18(20)19-11-4-2-3-5-12-19)21-17-10-9-15-7-6-8-16(15)13-17/h9-10,13-14H,2-8,11-12H2,1H3. The van der Waals surface area contributed by atoms with Gasteiger partial charge >= 0.3 is 0 Å². The summed E-state index contributed by atoms with van der Waals surface area (Å²) in [5, 5.41) is 0.0301. The summed E-state index contributed by atoms with van der Waals surface area (Å²) in [5.41, 5.74) is 3.00. The molecule has 1 aromatic carbocycles. The van der Waals surface area contributed by atoms with Gasteiger partial charge in [0.15, 0.2) is 0 Å². The van der Waals surface area contributed by atoms with E-state index in [2.05, 4.69) is 30.0 Å². The van der Waals surface area contributed by atoms with Crippen LogP contribution in [0.15, 0.2) is 23.1 Å². The second kappa shape index (κ2) is 6.87. The van der Waals surface area contributed by atoms with Gasteiger partial charge in [0.1, 0.15) is 0 Å². The van der Waals surface area contributed by atoms with Crippen LogP contribution in [0.4, 0.5) is 0 Å². The SMILES string of the molecule is CC(Sc1ccc2c(c1)CCC2)C(=O)N1CCCCCC1. The number of aryl methyl sites for hydroxylation is 2. The molecule has 0 spiro atoms. The fraction of sp³-hybridized carbons (Fsp3) is 0.611. The average Bonchev–Trinajstić information content (AvgIpc) is 2.78. The predicted octanol–water partition coefficient (Wildman–Crippen LogP) is 4.06. The van der Waals surface area contributed by atoms with Gasteiger partial charge in [-0.05, 0) is 62.3 Å². The molecule has 1 unspecified atom stereocenters. The van der Waals surface area contributed by atoms with E-state index in [9.17, 15) is 4.79 Å². The summed E-state index contributed by atoms with van der Waals surface area (Å²) in [6, 6.07) is 6.76. The molecule has 1 aliphatic carbocycles. The molecule has 1 aliphatic heterocycles. The lowest BCUT2D eigenvalue weighted by molar-refractivity contribution is -0.130. The lowest BCUT2D eigenvalue weighted by Crippen LogP contribution is -2.37. The first kappa shape index (κ1) is 15.0. The number of carbonyl (C=O) groups is 1. The zero-order valence-electron chi connectivity index (χ0n) is 12.9. The zero-order chi connectivity index (χ0) is 14.7. The summed E-state index contributed by atoms with van der Waals surface area (Å²) >= 11 is 1.73. The highest BCUT2D eigenvalue weighted by Crippen LogP contribution is 2.30. The molecule has 0 bridgehead atoms. The van der Waals surface area contributed by atoms with Crippen LogP contribution in [0.5, 0.6) is 0 Å². The van der Waals surface area contributed by atoms with Gasteiger partial charge in [0.2, 0.25) is 5.91 Å². The second-order valence-corrected chi connectivity index (χ2v) is 7.70. The van der Waals surface area contributed by atoms with E-state index in [0.717, 1.165) is 13.1 Å². The number of rotatable bonds is 3. The van der Waals surface area contributed by atoms with Crippen molar-refractivity contribution >= 4 is 17.7 Å². The minimum atomic E-state index is 0.0301. The third-order valence-corrected chi connectivity index (χ3v) is 5.73. The fourth-order valence-corrected chi connectivity index (χ4v) is 4.44. The van der Waals surface area contributed by atoms with Gasteiger partial charge in [0, 0.05) is 18.0 Å². The molecule has 1 atom stereocenters. The third-order valence-electron chi connectivity index (χ3n) is 4.65. The summed E-state index contributed by atoms with van der Waals surface area (Å²) in [7, 11) is 0. The maximum Gasteiger partial charge on any atom is 0.235 e. The van der Waals surface area contributed by atoms with Gasteiger partial charge in [-0.15, -0.1) is 11.8 Å². The normalized spacial score (nSPS) is 20.0. The van der Waals surface area contributed by atoms with E-state index in [0.29, 0.717) is 5.91 Å². The Kier molecular flexibility index (Phi) is 4.89. The van der Waals surface area contributed by atoms with Gasteiger partial charge in [-0.1, -0.05) is 18.9 Å². The van der Waals surface area contributed by atoms with Crippen molar-refractivity contribution in [2.75, 3.05) is 13.1 Å². The first-order valence-corrected chi connectivity index (χ1v) is 9.19. The lowest BCUT2D eigenvalue weighted by Gasteiger charge is -2.24. The summed E-state index contributed by atoms with van der Waals surface area (Å²) in [6.07, 6.45) is 8.60. The maximum absolute atomic E-state index is 12.6. The van der Waals surface area contributed by atoms with Crippen LogP contribution in [0.1, 0.15) is 50.2 Å². The molecule has 21 heavy (non-hydrogen) atoms. The summed E-state index contributed by atoms with van der Waals surface area (Å²) in [5.74, 6) is 0.322. The molecule has 1 amide bonds. The van der Waals surface area contributed by atoms with E-state index in [1.807, 2.05) is 0 Å². The van der Waals surface area contributed by atoms with Crippen molar-refractivity contribution < 1.29 is 4.79 Å². The Bertz CT molecular complexity index is 506. The zero-order valence-corrected chi connectivity index (χ0v) is 13.8. The molecule has 0 aromatic heterocycles. The number of fused-ring (bicyclic) bond motifs is 1. The summed E-state index contributed by atoms with van der Waals surface area (Å²) in [6.45, 7) is 3.97. The van der Waals surface area contributed by atoms with Crippen LogP contribution in [0.25, 0.3) is 0 Å². The van der Waals surface area contributed by atoms with E-state index in [-0.39, 0.29) is 5.25 Å². The number of carbonyl (C=O) groups excluding carboxylic acids is 1. The van der Waals surface area contributed by atoms with Gasteiger partial charge in [-0.25, -0.2) is 0 Å². The van der Waals surface area contributed by atoms with Crippen LogP contribution in [0.2, 0.25) is 0 Å². The quantitative estimate of drug-likeness (QED) is 0.785. The summed E-state index contributed by atoms with van der Waals surface area (Å²) < 4.78 is 0. The Balaban J connectivity index is 1.62. The molecule has 0 N–H and O–H groups in total. The van der Waals surface area contributed by atoms with Crippen molar-refractivity contribution in [3.63, 3.8) is 0 Å². The Labute approximate surface area is 132 Å². The first-order chi connectivity index (χ1) is 10.2. The number of amides is 1. The van der Waals surface area contributed by atoms with Crippen molar-refractivity contribution in [2.45, 2.75) is 62.0 Å². The molecule has 0 saturated carbocycles. The van der Waals surface area contributed by atoms with E-state index in [1.54, 1.807) is 11.8 Å². The Morgan fingerprint density at radius 2 is 1.76 bits per heavy atom. The smallest absolute Gasteiger partial charge is 0.235 e. The van der Waals surface area contributed by atoms with Gasteiger partial charge in [-0.2, -0.15) is 0 Å². The molecule has 1 fully saturated rings. The monoisotopic (exact) mass is 303 g/mol. The minimum absolute atomic E-state index is 0.0301. The van der Waals surface area contributed by atoms with Crippen LogP contribution in [-0.2, 0) is 17.6 Å². The predicted molar refractivity (Wildman–Crippen MR) is 88.8 cm³/mol. The maximum atomic E-state index is 12.6. The fourth-order valence-electron chi connectivity index (χ4n) is 3.42. The van der Waals surface area contributed by atoms with Gasteiger partial charge in [0.05, 0.1) is 5.25 Å². The molecule has 3 heteroatoms. The molecule has 2 nitrogen and oxygen atoms in total. The topological polar surface area (TPSA) is 20.3 Å². The molecular weight excluding hydrogens is 278 g/mol. The number of hydrogen-bond donors (Lipinski definition) is 0. The van der Waals surface area contributed by atoms with Gasteiger partial charge in [0.25, 0.3) is 0 Å². The number of hydrogen-bond acceptors (Lipinski definition) is 2. The van der Waals surface area contributed by atoms with Crippen LogP contribution in [0, 0.1) is 0 Å². The first-order valence-electron chi connectivity index (χ1n) is 8.31.